The number of ketones is 1. The zero-order valence-electron chi connectivity index (χ0n) is 9.03. The molecule has 1 heterocycles. The van der Waals surface area contributed by atoms with Gasteiger partial charge in [0, 0.05) is 12.8 Å². The maximum Gasteiger partial charge on any atom is 0.324 e. The second-order valence-electron chi connectivity index (χ2n) is 4.63. The van der Waals surface area contributed by atoms with Crippen molar-refractivity contribution in [2.75, 3.05) is 0 Å². The van der Waals surface area contributed by atoms with Gasteiger partial charge in [-0.15, -0.1) is 0 Å². The fourth-order valence-electron chi connectivity index (χ4n) is 2.86. The van der Waals surface area contributed by atoms with Crippen LogP contribution in [0.4, 0.5) is 0 Å². The fourth-order valence-corrected chi connectivity index (χ4v) is 2.86. The molecule has 16 heavy (non-hydrogen) atoms. The van der Waals surface area contributed by atoms with Crippen LogP contribution in [0.25, 0.3) is 0 Å². The van der Waals surface area contributed by atoms with E-state index in [0.717, 1.165) is 5.56 Å². The molecule has 0 radical (unpaired) electrons. The average molecular weight is 216 g/mol. The van der Waals surface area contributed by atoms with Gasteiger partial charge >= 0.3 is 5.97 Å². The summed E-state index contributed by atoms with van der Waals surface area (Å²) in [6, 6.07) is 9.56. The number of benzene rings is 1. The molecule has 3 heteroatoms. The smallest absolute Gasteiger partial charge is 0.324 e. The van der Waals surface area contributed by atoms with Crippen molar-refractivity contribution in [2.45, 2.75) is 25.4 Å². The van der Waals surface area contributed by atoms with E-state index in [2.05, 4.69) is 0 Å². The molecule has 2 fully saturated rings. The highest BCUT2D eigenvalue weighted by molar-refractivity contribution is 6.10. The van der Waals surface area contributed by atoms with E-state index in [9.17, 15) is 9.59 Å². The Morgan fingerprint density at radius 1 is 1.19 bits per heavy atom. The van der Waals surface area contributed by atoms with Gasteiger partial charge in [0.25, 0.3) is 0 Å². The third kappa shape index (κ3) is 0.811. The van der Waals surface area contributed by atoms with Gasteiger partial charge in [0.1, 0.15) is 0 Å². The quantitative estimate of drug-likeness (QED) is 0.531. The first-order valence-electron chi connectivity index (χ1n) is 5.43. The number of Topliss-reactive ketones (excluding diaryl/α,β-unsaturated/α-hetero) is 1. The monoisotopic (exact) mass is 216 g/mol. The second kappa shape index (κ2) is 2.73. The van der Waals surface area contributed by atoms with Crippen molar-refractivity contribution < 1.29 is 14.3 Å². The number of carbonyl (C=O) groups excluding carboxylic acids is 2. The number of esters is 1. The topological polar surface area (TPSA) is 43.4 Å². The molecule has 1 aromatic rings. The van der Waals surface area contributed by atoms with Crippen LogP contribution in [0, 0.1) is 5.41 Å². The maximum absolute atomic E-state index is 11.8. The molecule has 1 aliphatic carbocycles. The first-order chi connectivity index (χ1) is 7.61. The van der Waals surface area contributed by atoms with E-state index in [1.165, 1.54) is 0 Å². The average Bonchev–Trinajstić information content (AvgIpc) is 2.52. The van der Waals surface area contributed by atoms with Crippen molar-refractivity contribution >= 4 is 11.8 Å². The summed E-state index contributed by atoms with van der Waals surface area (Å²) >= 11 is 0. The van der Waals surface area contributed by atoms with Crippen LogP contribution in [0.1, 0.15) is 25.3 Å². The molecule has 0 bridgehead atoms. The number of carbonyl (C=O) groups is 2. The predicted octanol–water partition coefficient (Wildman–Crippen LogP) is 1.81. The Hall–Kier alpha value is -1.64. The molecule has 2 atom stereocenters. The van der Waals surface area contributed by atoms with Crippen LogP contribution in [-0.4, -0.2) is 11.8 Å². The number of fused-ring (bicyclic) bond motifs is 1. The Kier molecular flexibility index (Phi) is 1.63. The Morgan fingerprint density at radius 2 is 1.88 bits per heavy atom. The highest BCUT2D eigenvalue weighted by Gasteiger charge is 2.74. The van der Waals surface area contributed by atoms with Crippen LogP contribution in [0.3, 0.4) is 0 Å². The van der Waals surface area contributed by atoms with E-state index in [4.69, 9.17) is 4.74 Å². The van der Waals surface area contributed by atoms with E-state index >= 15 is 0 Å². The van der Waals surface area contributed by atoms with Crippen LogP contribution >= 0.6 is 0 Å². The van der Waals surface area contributed by atoms with Gasteiger partial charge in [0.2, 0.25) is 0 Å². The van der Waals surface area contributed by atoms with Gasteiger partial charge in [-0.05, 0) is 12.5 Å². The van der Waals surface area contributed by atoms with Crippen molar-refractivity contribution in [1.29, 1.82) is 0 Å². The molecule has 3 nitrogen and oxygen atoms in total. The largest absolute Gasteiger partial charge is 0.452 e. The summed E-state index contributed by atoms with van der Waals surface area (Å²) in [5.41, 5.74) is -0.709. The van der Waals surface area contributed by atoms with Crippen molar-refractivity contribution in [3.8, 4) is 0 Å². The standard InChI is InChI=1S/C13H12O3/c1-12-10(14)7-8-13(12,16-11(12)15)9-5-3-2-4-6-9/h2-6H,7-8H2,1H3. The van der Waals surface area contributed by atoms with E-state index in [1.807, 2.05) is 30.3 Å². The van der Waals surface area contributed by atoms with Crippen LogP contribution < -0.4 is 0 Å². The second-order valence-corrected chi connectivity index (χ2v) is 4.63. The molecule has 1 aliphatic heterocycles. The lowest BCUT2D eigenvalue weighted by molar-refractivity contribution is -0.231. The summed E-state index contributed by atoms with van der Waals surface area (Å²) in [6.07, 6.45) is 1.04. The molecule has 82 valence electrons. The minimum absolute atomic E-state index is 0.00704. The lowest BCUT2D eigenvalue weighted by Crippen LogP contribution is -2.62. The summed E-state index contributed by atoms with van der Waals surface area (Å²) in [4.78, 5) is 23.4. The molecule has 0 amide bonds. The van der Waals surface area contributed by atoms with Gasteiger partial charge in [-0.1, -0.05) is 30.3 Å². The van der Waals surface area contributed by atoms with Crippen LogP contribution in [0.2, 0.25) is 0 Å². The minimum Gasteiger partial charge on any atom is -0.452 e. The molecule has 0 spiro atoms. The molecular weight excluding hydrogens is 204 g/mol. The zero-order valence-corrected chi connectivity index (χ0v) is 9.03. The summed E-state index contributed by atoms with van der Waals surface area (Å²) < 4.78 is 5.35. The van der Waals surface area contributed by atoms with Crippen LogP contribution in [0.5, 0.6) is 0 Å². The first kappa shape index (κ1) is 9.58. The van der Waals surface area contributed by atoms with Crippen molar-refractivity contribution in [2.24, 2.45) is 5.41 Å². The molecule has 2 aliphatic rings. The van der Waals surface area contributed by atoms with Gasteiger partial charge in [-0.3, -0.25) is 9.59 Å². The third-order valence-corrected chi connectivity index (χ3v) is 3.98. The molecule has 3 rings (SSSR count). The van der Waals surface area contributed by atoms with Crippen molar-refractivity contribution in [1.82, 2.24) is 0 Å². The van der Waals surface area contributed by atoms with E-state index in [-0.39, 0.29) is 11.8 Å². The van der Waals surface area contributed by atoms with E-state index < -0.39 is 11.0 Å². The molecule has 2 unspecified atom stereocenters. The van der Waals surface area contributed by atoms with Gasteiger partial charge < -0.3 is 4.74 Å². The number of hydrogen-bond acceptors (Lipinski definition) is 3. The predicted molar refractivity (Wildman–Crippen MR) is 56.6 cm³/mol. The third-order valence-electron chi connectivity index (χ3n) is 3.98. The van der Waals surface area contributed by atoms with Crippen molar-refractivity contribution in [3.63, 3.8) is 0 Å². The lowest BCUT2D eigenvalue weighted by Gasteiger charge is -2.49. The maximum atomic E-state index is 11.8. The molecule has 1 aromatic carbocycles. The number of ether oxygens (including phenoxy) is 1. The van der Waals surface area contributed by atoms with E-state index in [0.29, 0.717) is 12.8 Å². The zero-order chi connectivity index (χ0) is 11.4. The summed E-state index contributed by atoms with van der Waals surface area (Å²) in [7, 11) is 0. The number of rotatable bonds is 1. The normalized spacial score (nSPS) is 36.6. The van der Waals surface area contributed by atoms with Crippen LogP contribution in [0.15, 0.2) is 30.3 Å². The number of hydrogen-bond donors (Lipinski definition) is 0. The molecule has 1 saturated carbocycles. The summed E-state index contributed by atoms with van der Waals surface area (Å²) in [5.74, 6) is -0.369. The Morgan fingerprint density at radius 3 is 2.50 bits per heavy atom. The van der Waals surface area contributed by atoms with Crippen molar-refractivity contribution in [3.05, 3.63) is 35.9 Å². The molecule has 1 saturated heterocycles. The highest BCUT2D eigenvalue weighted by Crippen LogP contribution is 2.60. The van der Waals surface area contributed by atoms with Gasteiger partial charge in [-0.2, -0.15) is 0 Å². The fraction of sp³-hybridized carbons (Fsp3) is 0.385. The minimum atomic E-state index is -0.950. The molecule has 0 aromatic heterocycles. The Labute approximate surface area is 93.4 Å². The lowest BCUT2D eigenvalue weighted by atomic mass is 9.67. The first-order valence-corrected chi connectivity index (χ1v) is 5.43. The van der Waals surface area contributed by atoms with E-state index in [1.54, 1.807) is 6.92 Å². The highest BCUT2D eigenvalue weighted by atomic mass is 16.6. The van der Waals surface area contributed by atoms with Gasteiger partial charge in [0.15, 0.2) is 16.8 Å². The Balaban J connectivity index is 2.15. The van der Waals surface area contributed by atoms with Gasteiger partial charge in [0.05, 0.1) is 0 Å². The summed E-state index contributed by atoms with van der Waals surface area (Å²) in [6.45, 7) is 1.71. The molecule has 0 N–H and O–H groups in total. The SMILES string of the molecule is CC12C(=O)CCC1(c1ccccc1)OC2=O. The van der Waals surface area contributed by atoms with Crippen LogP contribution in [-0.2, 0) is 19.9 Å². The molecular formula is C13H12O3. The Bertz CT molecular complexity index is 479. The van der Waals surface area contributed by atoms with Gasteiger partial charge in [-0.25, -0.2) is 0 Å². The summed E-state index contributed by atoms with van der Waals surface area (Å²) in [5, 5.41) is 0.